The maximum absolute atomic E-state index is 12.2. The van der Waals surface area contributed by atoms with Crippen LogP contribution in [0, 0.1) is 0 Å². The summed E-state index contributed by atoms with van der Waals surface area (Å²) in [4.78, 5) is 0.0804. The molecule has 8 heteroatoms. The van der Waals surface area contributed by atoms with Crippen LogP contribution in [-0.2, 0) is 10.0 Å². The number of thioether (sulfide) groups is 2. The first-order chi connectivity index (χ1) is 8.99. The Morgan fingerprint density at radius 3 is 2.84 bits per heavy atom. The van der Waals surface area contributed by atoms with E-state index in [1.54, 1.807) is 11.8 Å². The molecular weight excluding hydrogens is 324 g/mol. The van der Waals surface area contributed by atoms with Crippen LogP contribution >= 0.6 is 35.1 Å². The molecule has 3 N–H and O–H groups in total. The fraction of sp³-hybridized carbons (Fsp3) is 0.455. The number of nitrogens with two attached hydrogens (primary N) is 1. The average molecular weight is 339 g/mol. The standard InChI is InChI=1S/C11H15ClN2O2S3/c12-10-5-8(13)1-2-11(10)19(15,16)14-6-9-7-17-3-4-18-9/h1-2,5,9,14H,3-4,6-7,13H2. The molecule has 0 aliphatic carbocycles. The summed E-state index contributed by atoms with van der Waals surface area (Å²) >= 11 is 9.59. The molecule has 1 aromatic rings. The number of nitrogen functional groups attached to an aromatic ring is 1. The number of halogens is 1. The minimum Gasteiger partial charge on any atom is -0.399 e. The van der Waals surface area contributed by atoms with E-state index >= 15 is 0 Å². The van der Waals surface area contributed by atoms with Gasteiger partial charge in [-0.1, -0.05) is 11.6 Å². The van der Waals surface area contributed by atoms with Crippen LogP contribution in [0.1, 0.15) is 0 Å². The van der Waals surface area contributed by atoms with Gasteiger partial charge in [0.2, 0.25) is 10.0 Å². The third kappa shape index (κ3) is 4.19. The lowest BCUT2D eigenvalue weighted by atomic mass is 10.3. The van der Waals surface area contributed by atoms with Crippen LogP contribution < -0.4 is 10.5 Å². The van der Waals surface area contributed by atoms with Gasteiger partial charge in [0.25, 0.3) is 0 Å². The number of rotatable bonds is 4. The van der Waals surface area contributed by atoms with Gasteiger partial charge in [-0.2, -0.15) is 23.5 Å². The molecule has 0 aromatic heterocycles. The fourth-order valence-corrected chi connectivity index (χ4v) is 6.02. The molecule has 0 saturated carbocycles. The molecule has 1 aliphatic heterocycles. The van der Waals surface area contributed by atoms with Crippen molar-refractivity contribution in [3.8, 4) is 0 Å². The second kappa shape index (κ2) is 6.58. The van der Waals surface area contributed by atoms with Gasteiger partial charge in [-0.05, 0) is 18.2 Å². The van der Waals surface area contributed by atoms with Crippen molar-refractivity contribution in [1.82, 2.24) is 4.72 Å². The Labute approximate surface area is 126 Å². The fourth-order valence-electron chi connectivity index (χ4n) is 1.67. The second-order valence-electron chi connectivity index (χ2n) is 4.11. The van der Waals surface area contributed by atoms with Crippen LogP contribution in [0.5, 0.6) is 0 Å². The summed E-state index contributed by atoms with van der Waals surface area (Å²) < 4.78 is 26.9. The summed E-state index contributed by atoms with van der Waals surface area (Å²) in [6, 6.07) is 4.41. The Balaban J connectivity index is 2.05. The van der Waals surface area contributed by atoms with Crippen molar-refractivity contribution in [2.45, 2.75) is 10.1 Å². The van der Waals surface area contributed by atoms with Gasteiger partial charge in [-0.25, -0.2) is 13.1 Å². The summed E-state index contributed by atoms with van der Waals surface area (Å²) in [6.45, 7) is 0.431. The number of hydrogen-bond acceptors (Lipinski definition) is 5. The van der Waals surface area contributed by atoms with Gasteiger partial charge in [0, 0.05) is 34.7 Å². The van der Waals surface area contributed by atoms with Crippen LogP contribution in [0.4, 0.5) is 5.69 Å². The summed E-state index contributed by atoms with van der Waals surface area (Å²) in [5.74, 6) is 3.18. The van der Waals surface area contributed by atoms with E-state index in [1.807, 2.05) is 11.8 Å². The Bertz CT molecular complexity index is 545. The number of nitrogens with one attached hydrogen (secondary N) is 1. The van der Waals surface area contributed by atoms with E-state index in [1.165, 1.54) is 18.2 Å². The van der Waals surface area contributed by atoms with Gasteiger partial charge in [0.05, 0.1) is 5.02 Å². The predicted molar refractivity (Wildman–Crippen MR) is 84.6 cm³/mol. The Kier molecular flexibility index (Phi) is 5.30. The highest BCUT2D eigenvalue weighted by molar-refractivity contribution is 8.06. The third-order valence-electron chi connectivity index (χ3n) is 2.63. The molecule has 1 atom stereocenters. The highest BCUT2D eigenvalue weighted by Crippen LogP contribution is 2.26. The molecule has 0 radical (unpaired) electrons. The van der Waals surface area contributed by atoms with E-state index in [4.69, 9.17) is 17.3 Å². The van der Waals surface area contributed by atoms with E-state index in [0.29, 0.717) is 17.5 Å². The largest absolute Gasteiger partial charge is 0.399 e. The molecule has 2 rings (SSSR count). The van der Waals surface area contributed by atoms with E-state index < -0.39 is 10.0 Å². The molecule has 0 amide bonds. The van der Waals surface area contributed by atoms with Crippen LogP contribution in [0.15, 0.2) is 23.1 Å². The van der Waals surface area contributed by atoms with Crippen LogP contribution in [0.2, 0.25) is 5.02 Å². The zero-order chi connectivity index (χ0) is 13.9. The van der Waals surface area contributed by atoms with Gasteiger partial charge in [-0.3, -0.25) is 0 Å². The molecule has 1 aromatic carbocycles. The highest BCUT2D eigenvalue weighted by atomic mass is 35.5. The van der Waals surface area contributed by atoms with Crippen LogP contribution in [0.25, 0.3) is 0 Å². The van der Waals surface area contributed by atoms with Crippen molar-refractivity contribution in [2.24, 2.45) is 0 Å². The molecule has 4 nitrogen and oxygen atoms in total. The molecule has 0 bridgehead atoms. The predicted octanol–water partition coefficient (Wildman–Crippen LogP) is 2.05. The molecule has 1 aliphatic rings. The molecule has 1 saturated heterocycles. The van der Waals surface area contributed by atoms with Crippen molar-refractivity contribution in [2.75, 3.05) is 29.5 Å². The Morgan fingerprint density at radius 1 is 1.42 bits per heavy atom. The van der Waals surface area contributed by atoms with E-state index in [-0.39, 0.29) is 9.92 Å². The normalized spacial score (nSPS) is 20.4. The number of benzene rings is 1. The average Bonchev–Trinajstić information content (AvgIpc) is 2.37. The number of anilines is 1. The van der Waals surface area contributed by atoms with Gasteiger partial charge in [0.1, 0.15) is 4.90 Å². The summed E-state index contributed by atoms with van der Waals surface area (Å²) in [6.07, 6.45) is 0. The highest BCUT2D eigenvalue weighted by Gasteiger charge is 2.21. The van der Waals surface area contributed by atoms with Gasteiger partial charge < -0.3 is 5.73 Å². The summed E-state index contributed by atoms with van der Waals surface area (Å²) in [5.41, 5.74) is 6.00. The van der Waals surface area contributed by atoms with Crippen molar-refractivity contribution in [1.29, 1.82) is 0 Å². The lowest BCUT2D eigenvalue weighted by molar-refractivity contribution is 0.581. The Hall–Kier alpha value is -0.0800. The maximum Gasteiger partial charge on any atom is 0.242 e. The molecule has 1 heterocycles. The first-order valence-corrected chi connectivity index (χ1v) is 9.79. The van der Waals surface area contributed by atoms with E-state index in [9.17, 15) is 8.42 Å². The summed E-state index contributed by atoms with van der Waals surface area (Å²) in [7, 11) is -3.57. The first kappa shape index (κ1) is 15.3. The number of hydrogen-bond donors (Lipinski definition) is 2. The third-order valence-corrected chi connectivity index (χ3v) is 7.38. The Morgan fingerprint density at radius 2 is 2.21 bits per heavy atom. The molecule has 1 unspecified atom stereocenters. The van der Waals surface area contributed by atoms with Crippen molar-refractivity contribution >= 4 is 50.8 Å². The lowest BCUT2D eigenvalue weighted by Gasteiger charge is -2.21. The van der Waals surface area contributed by atoms with Gasteiger partial charge >= 0.3 is 0 Å². The smallest absolute Gasteiger partial charge is 0.242 e. The first-order valence-electron chi connectivity index (χ1n) is 5.73. The van der Waals surface area contributed by atoms with Crippen LogP contribution in [0.3, 0.4) is 0 Å². The molecule has 19 heavy (non-hydrogen) atoms. The van der Waals surface area contributed by atoms with Crippen LogP contribution in [-0.4, -0.2) is 37.5 Å². The number of sulfonamides is 1. The molecular formula is C11H15ClN2O2S3. The van der Waals surface area contributed by atoms with E-state index in [2.05, 4.69) is 4.72 Å². The monoisotopic (exact) mass is 338 g/mol. The quantitative estimate of drug-likeness (QED) is 0.822. The SMILES string of the molecule is Nc1ccc(S(=O)(=O)NCC2CSCCS2)c(Cl)c1. The second-order valence-corrected chi connectivity index (χ2v) is 8.81. The maximum atomic E-state index is 12.2. The lowest BCUT2D eigenvalue weighted by Crippen LogP contribution is -2.33. The van der Waals surface area contributed by atoms with Gasteiger partial charge in [-0.15, -0.1) is 0 Å². The zero-order valence-electron chi connectivity index (χ0n) is 10.1. The minimum atomic E-state index is -3.57. The zero-order valence-corrected chi connectivity index (χ0v) is 13.3. The molecule has 106 valence electrons. The molecule has 0 spiro atoms. The van der Waals surface area contributed by atoms with Crippen molar-refractivity contribution in [3.05, 3.63) is 23.2 Å². The van der Waals surface area contributed by atoms with Crippen molar-refractivity contribution < 1.29 is 8.42 Å². The minimum absolute atomic E-state index is 0.0804. The van der Waals surface area contributed by atoms with E-state index in [0.717, 1.165) is 17.3 Å². The van der Waals surface area contributed by atoms with Gasteiger partial charge in [0.15, 0.2) is 0 Å². The topological polar surface area (TPSA) is 72.2 Å². The van der Waals surface area contributed by atoms with Crippen molar-refractivity contribution in [3.63, 3.8) is 0 Å². The summed E-state index contributed by atoms with van der Waals surface area (Å²) in [5, 5.41) is 0.472. The molecule has 1 fully saturated rings.